The number of hydrogen-bond acceptors (Lipinski definition) is 1. The fraction of sp³-hybridized carbons (Fsp3) is 0.944. The van der Waals surface area contributed by atoms with Gasteiger partial charge in [-0.15, -0.1) is 0 Å². The van der Waals surface area contributed by atoms with E-state index in [2.05, 4.69) is 27.7 Å². The summed E-state index contributed by atoms with van der Waals surface area (Å²) in [4.78, 5) is 10.9. The van der Waals surface area contributed by atoms with Gasteiger partial charge in [0, 0.05) is 6.42 Å². The van der Waals surface area contributed by atoms with Crippen molar-refractivity contribution >= 4 is 5.78 Å². The van der Waals surface area contributed by atoms with Crippen molar-refractivity contribution in [2.75, 3.05) is 0 Å². The molecule has 1 nitrogen and oxygen atoms in total. The van der Waals surface area contributed by atoms with E-state index in [-0.39, 0.29) is 0 Å². The fourth-order valence-electron chi connectivity index (χ4n) is 2.68. The standard InChI is InChI=1S/C18H36O/c1-15(2)9-6-10-16(3)11-7-12-17(4)13-8-14-18(5)19/h15-17H,6-14H2,1-5H3/t16-,17-/m1/s1. The molecule has 0 radical (unpaired) electrons. The molecule has 0 saturated carbocycles. The van der Waals surface area contributed by atoms with E-state index >= 15 is 0 Å². The molecule has 19 heavy (non-hydrogen) atoms. The van der Waals surface area contributed by atoms with Crippen molar-refractivity contribution in [2.45, 2.75) is 92.4 Å². The summed E-state index contributed by atoms with van der Waals surface area (Å²) in [6, 6.07) is 0. The van der Waals surface area contributed by atoms with E-state index in [0.717, 1.165) is 30.6 Å². The molecule has 0 aromatic rings. The first-order valence-corrected chi connectivity index (χ1v) is 8.41. The monoisotopic (exact) mass is 268 g/mol. The zero-order valence-corrected chi connectivity index (χ0v) is 14.0. The summed E-state index contributed by atoms with van der Waals surface area (Å²) >= 11 is 0. The first-order chi connectivity index (χ1) is 8.91. The number of carbonyl (C=O) groups excluding carboxylic acids is 1. The van der Waals surface area contributed by atoms with Gasteiger partial charge in [-0.1, -0.05) is 72.6 Å². The van der Waals surface area contributed by atoms with Gasteiger partial charge in [-0.2, -0.15) is 0 Å². The van der Waals surface area contributed by atoms with Crippen LogP contribution in [0.3, 0.4) is 0 Å². The Bertz CT molecular complexity index is 220. The molecule has 0 aliphatic carbocycles. The van der Waals surface area contributed by atoms with E-state index in [9.17, 15) is 4.79 Å². The van der Waals surface area contributed by atoms with Crippen LogP contribution in [-0.2, 0) is 4.79 Å². The maximum absolute atomic E-state index is 10.9. The summed E-state index contributed by atoms with van der Waals surface area (Å²) in [6.07, 6.45) is 11.3. The van der Waals surface area contributed by atoms with Crippen LogP contribution in [0.25, 0.3) is 0 Å². The van der Waals surface area contributed by atoms with Gasteiger partial charge in [-0.25, -0.2) is 0 Å². The third-order valence-electron chi connectivity index (χ3n) is 4.10. The van der Waals surface area contributed by atoms with Crippen LogP contribution in [0, 0.1) is 17.8 Å². The second-order valence-electron chi connectivity index (χ2n) is 7.06. The Morgan fingerprint density at radius 3 is 1.58 bits per heavy atom. The maximum atomic E-state index is 10.9. The predicted molar refractivity (Wildman–Crippen MR) is 85.4 cm³/mol. The largest absolute Gasteiger partial charge is 0.300 e. The van der Waals surface area contributed by atoms with Crippen LogP contribution in [0.15, 0.2) is 0 Å². The van der Waals surface area contributed by atoms with Gasteiger partial charge in [-0.05, 0) is 31.1 Å². The van der Waals surface area contributed by atoms with Gasteiger partial charge in [0.2, 0.25) is 0 Å². The average molecular weight is 268 g/mol. The van der Waals surface area contributed by atoms with Crippen molar-refractivity contribution in [3.63, 3.8) is 0 Å². The summed E-state index contributed by atoms with van der Waals surface area (Å²) in [7, 11) is 0. The molecule has 0 unspecified atom stereocenters. The summed E-state index contributed by atoms with van der Waals surface area (Å²) in [6.45, 7) is 11.1. The Kier molecular flexibility index (Phi) is 11.3. The molecule has 0 N–H and O–H groups in total. The third kappa shape index (κ3) is 13.9. The van der Waals surface area contributed by atoms with Gasteiger partial charge in [0.15, 0.2) is 0 Å². The van der Waals surface area contributed by atoms with Crippen LogP contribution >= 0.6 is 0 Å². The van der Waals surface area contributed by atoms with E-state index in [1.807, 2.05) is 0 Å². The predicted octanol–water partition coefficient (Wildman–Crippen LogP) is 6.01. The molecule has 0 spiro atoms. The van der Waals surface area contributed by atoms with Crippen LogP contribution in [0.1, 0.15) is 92.4 Å². The summed E-state index contributed by atoms with van der Waals surface area (Å²) in [5.74, 6) is 2.88. The highest BCUT2D eigenvalue weighted by Crippen LogP contribution is 2.21. The Morgan fingerprint density at radius 2 is 1.16 bits per heavy atom. The van der Waals surface area contributed by atoms with Crippen molar-refractivity contribution < 1.29 is 4.79 Å². The van der Waals surface area contributed by atoms with E-state index < -0.39 is 0 Å². The second-order valence-corrected chi connectivity index (χ2v) is 7.06. The molecular weight excluding hydrogens is 232 g/mol. The van der Waals surface area contributed by atoms with Crippen LogP contribution < -0.4 is 0 Å². The zero-order valence-electron chi connectivity index (χ0n) is 14.0. The first kappa shape index (κ1) is 18.7. The van der Waals surface area contributed by atoms with E-state index in [4.69, 9.17) is 0 Å². The molecule has 0 heterocycles. The number of hydrogen-bond donors (Lipinski definition) is 0. The van der Waals surface area contributed by atoms with Gasteiger partial charge in [0.25, 0.3) is 0 Å². The molecule has 0 aromatic carbocycles. The minimum atomic E-state index is 0.339. The van der Waals surface area contributed by atoms with Gasteiger partial charge in [-0.3, -0.25) is 0 Å². The Balaban J connectivity index is 3.42. The van der Waals surface area contributed by atoms with Crippen molar-refractivity contribution in [3.05, 3.63) is 0 Å². The quantitative estimate of drug-likeness (QED) is 0.423. The molecule has 0 bridgehead atoms. The van der Waals surface area contributed by atoms with E-state index in [1.165, 1.54) is 44.9 Å². The molecule has 1 heteroatoms. The average Bonchev–Trinajstić information content (AvgIpc) is 2.27. The minimum Gasteiger partial charge on any atom is -0.300 e. The SMILES string of the molecule is CC(=O)CCC[C@H](C)CCC[C@H](C)CCCC(C)C. The fourth-order valence-corrected chi connectivity index (χ4v) is 2.68. The lowest BCUT2D eigenvalue weighted by molar-refractivity contribution is -0.117. The molecule has 0 rings (SSSR count). The van der Waals surface area contributed by atoms with Crippen molar-refractivity contribution in [2.24, 2.45) is 17.8 Å². The van der Waals surface area contributed by atoms with Crippen LogP contribution in [-0.4, -0.2) is 5.78 Å². The highest BCUT2D eigenvalue weighted by Gasteiger charge is 2.06. The van der Waals surface area contributed by atoms with Crippen molar-refractivity contribution in [3.8, 4) is 0 Å². The normalized spacial score (nSPS) is 14.6. The van der Waals surface area contributed by atoms with Crippen LogP contribution in [0.4, 0.5) is 0 Å². The first-order valence-electron chi connectivity index (χ1n) is 8.41. The molecule has 0 fully saturated rings. The zero-order chi connectivity index (χ0) is 14.7. The van der Waals surface area contributed by atoms with Gasteiger partial charge < -0.3 is 4.79 Å². The molecule has 0 aliphatic rings. The minimum absolute atomic E-state index is 0.339. The Morgan fingerprint density at radius 1 is 0.737 bits per heavy atom. The highest BCUT2D eigenvalue weighted by atomic mass is 16.1. The summed E-state index contributed by atoms with van der Waals surface area (Å²) < 4.78 is 0. The number of carbonyl (C=O) groups is 1. The molecule has 114 valence electrons. The third-order valence-corrected chi connectivity index (χ3v) is 4.10. The Labute approximate surface area is 121 Å². The van der Waals surface area contributed by atoms with E-state index in [0.29, 0.717) is 5.78 Å². The summed E-state index contributed by atoms with van der Waals surface area (Å²) in [5, 5.41) is 0. The van der Waals surface area contributed by atoms with Crippen molar-refractivity contribution in [1.82, 2.24) is 0 Å². The Hall–Kier alpha value is -0.330. The lowest BCUT2D eigenvalue weighted by Gasteiger charge is -2.14. The lowest BCUT2D eigenvalue weighted by Crippen LogP contribution is -2.01. The number of Topliss-reactive ketones (excluding diaryl/α,β-unsaturated/α-hetero) is 1. The van der Waals surface area contributed by atoms with Gasteiger partial charge in [0.1, 0.15) is 5.78 Å². The molecule has 0 amide bonds. The topological polar surface area (TPSA) is 17.1 Å². The molecule has 2 atom stereocenters. The molecule has 0 aromatic heterocycles. The second kappa shape index (κ2) is 11.5. The smallest absolute Gasteiger partial charge is 0.129 e. The number of rotatable bonds is 12. The van der Waals surface area contributed by atoms with E-state index in [1.54, 1.807) is 6.92 Å². The number of ketones is 1. The molecular formula is C18H36O. The molecule has 0 aliphatic heterocycles. The van der Waals surface area contributed by atoms with Crippen molar-refractivity contribution in [1.29, 1.82) is 0 Å². The lowest BCUT2D eigenvalue weighted by atomic mass is 9.92. The van der Waals surface area contributed by atoms with Gasteiger partial charge >= 0.3 is 0 Å². The van der Waals surface area contributed by atoms with Crippen LogP contribution in [0.5, 0.6) is 0 Å². The summed E-state index contributed by atoms with van der Waals surface area (Å²) in [5.41, 5.74) is 0. The molecule has 0 saturated heterocycles. The highest BCUT2D eigenvalue weighted by molar-refractivity contribution is 5.75. The van der Waals surface area contributed by atoms with Gasteiger partial charge in [0.05, 0.1) is 0 Å². The maximum Gasteiger partial charge on any atom is 0.129 e. The van der Waals surface area contributed by atoms with Crippen LogP contribution in [0.2, 0.25) is 0 Å².